The first kappa shape index (κ1) is 41.2. The van der Waals surface area contributed by atoms with Gasteiger partial charge >= 0.3 is 0 Å². The van der Waals surface area contributed by atoms with Crippen molar-refractivity contribution in [1.29, 1.82) is 0 Å². The Bertz CT molecular complexity index is 4760. The van der Waals surface area contributed by atoms with Crippen molar-refractivity contribution in [3.8, 4) is 44.5 Å². The molecule has 0 bridgehead atoms. The predicted molar refractivity (Wildman–Crippen MR) is 312 cm³/mol. The highest BCUT2D eigenvalue weighted by atomic mass is 16.3. The van der Waals surface area contributed by atoms with Gasteiger partial charge in [0.2, 0.25) is 0 Å². The Morgan fingerprint density at radius 2 is 0.784 bits per heavy atom. The van der Waals surface area contributed by atoms with E-state index >= 15 is 0 Å². The topological polar surface area (TPSA) is 26.3 Å². The van der Waals surface area contributed by atoms with Crippen molar-refractivity contribution in [1.82, 2.24) is 0 Å². The molecular formula is C72H44O2. The predicted octanol–water partition coefficient (Wildman–Crippen LogP) is 20.5. The molecule has 0 spiro atoms. The summed E-state index contributed by atoms with van der Waals surface area (Å²) in [4.78, 5) is 0. The molecule has 344 valence electrons. The second-order valence-corrected chi connectivity index (χ2v) is 20.1. The minimum atomic E-state index is -0.00362. The van der Waals surface area contributed by atoms with Gasteiger partial charge in [-0.05, 0) is 135 Å². The van der Waals surface area contributed by atoms with Crippen LogP contribution in [0.15, 0.2) is 251 Å². The van der Waals surface area contributed by atoms with E-state index in [0.29, 0.717) is 0 Å². The molecule has 13 aromatic carbocycles. The first-order chi connectivity index (χ1) is 36.7. The molecule has 2 heterocycles. The summed E-state index contributed by atoms with van der Waals surface area (Å²) in [6.07, 6.45) is 5.65. The van der Waals surface area contributed by atoms with E-state index in [0.717, 1.165) is 56.0 Å². The van der Waals surface area contributed by atoms with Gasteiger partial charge in [-0.1, -0.05) is 224 Å². The van der Waals surface area contributed by atoms with Gasteiger partial charge in [0.15, 0.2) is 0 Å². The second-order valence-electron chi connectivity index (χ2n) is 20.1. The number of allylic oxidation sites excluding steroid dienone is 1. The van der Waals surface area contributed by atoms with Crippen LogP contribution in [0.3, 0.4) is 0 Å². The minimum Gasteiger partial charge on any atom is -0.456 e. The Hall–Kier alpha value is -9.50. The zero-order valence-electron chi connectivity index (χ0n) is 40.3. The maximum Gasteiger partial charge on any atom is 0.143 e. The Labute approximate surface area is 426 Å². The third-order valence-corrected chi connectivity index (χ3v) is 16.2. The van der Waals surface area contributed by atoms with Crippen LogP contribution < -0.4 is 0 Å². The fourth-order valence-corrected chi connectivity index (χ4v) is 13.0. The summed E-state index contributed by atoms with van der Waals surface area (Å²) in [6, 6.07) is 86.9. The van der Waals surface area contributed by atoms with Gasteiger partial charge in [-0.25, -0.2) is 0 Å². The van der Waals surface area contributed by atoms with Crippen LogP contribution in [-0.4, -0.2) is 0 Å². The largest absolute Gasteiger partial charge is 0.456 e. The highest BCUT2D eigenvalue weighted by Gasteiger charge is 2.30. The van der Waals surface area contributed by atoms with Crippen molar-refractivity contribution in [2.45, 2.75) is 12.3 Å². The minimum absolute atomic E-state index is 0.00362. The number of para-hydroxylation sites is 2. The van der Waals surface area contributed by atoms with Crippen LogP contribution >= 0.6 is 0 Å². The monoisotopic (exact) mass is 940 g/mol. The molecule has 0 amide bonds. The van der Waals surface area contributed by atoms with E-state index in [4.69, 9.17) is 8.83 Å². The van der Waals surface area contributed by atoms with Crippen molar-refractivity contribution in [3.05, 3.63) is 259 Å². The highest BCUT2D eigenvalue weighted by Crippen LogP contribution is 2.53. The SMILES string of the molecule is C1=Cc2c(cc3c(-c4cccc5c4oc4ccc6ccccc6c45)cccc3c2-c2c3cccc(-c4ccccc4)c3cc3c(-c4ccccc4)cccc23)C(c2cccc3c2oc2ccc4ccccc4c23)C1. The molecule has 1 atom stereocenters. The van der Waals surface area contributed by atoms with Crippen LogP contribution in [-0.2, 0) is 0 Å². The molecule has 1 unspecified atom stereocenters. The van der Waals surface area contributed by atoms with E-state index < -0.39 is 0 Å². The number of fused-ring (bicyclic) bond motifs is 14. The number of hydrogen-bond acceptors (Lipinski definition) is 2. The molecule has 2 nitrogen and oxygen atoms in total. The molecule has 15 aromatic rings. The molecule has 0 saturated carbocycles. The van der Waals surface area contributed by atoms with E-state index in [1.807, 2.05) is 0 Å². The third-order valence-electron chi connectivity index (χ3n) is 16.2. The average Bonchev–Trinajstić information content (AvgIpc) is 4.06. The maximum absolute atomic E-state index is 7.05. The Morgan fingerprint density at radius 1 is 0.311 bits per heavy atom. The van der Waals surface area contributed by atoms with Crippen molar-refractivity contribution in [2.75, 3.05) is 0 Å². The van der Waals surface area contributed by atoms with Gasteiger partial charge in [0.25, 0.3) is 0 Å². The lowest BCUT2D eigenvalue weighted by atomic mass is 9.75. The number of furan rings is 2. The Balaban J connectivity index is 1.05. The molecule has 0 N–H and O–H groups in total. The van der Waals surface area contributed by atoms with Gasteiger partial charge in [-0.2, -0.15) is 0 Å². The second kappa shape index (κ2) is 16.0. The highest BCUT2D eigenvalue weighted by molar-refractivity contribution is 6.26. The third kappa shape index (κ3) is 6.00. The van der Waals surface area contributed by atoms with Crippen LogP contribution in [0.2, 0.25) is 0 Å². The lowest BCUT2D eigenvalue weighted by Crippen LogP contribution is -2.08. The van der Waals surface area contributed by atoms with E-state index in [1.165, 1.54) is 109 Å². The molecule has 74 heavy (non-hydrogen) atoms. The average molecular weight is 941 g/mol. The van der Waals surface area contributed by atoms with Crippen LogP contribution in [0.1, 0.15) is 29.0 Å². The van der Waals surface area contributed by atoms with Crippen LogP contribution in [0.5, 0.6) is 0 Å². The molecule has 0 radical (unpaired) electrons. The quantitative estimate of drug-likeness (QED) is 0.161. The summed E-state index contributed by atoms with van der Waals surface area (Å²) >= 11 is 0. The van der Waals surface area contributed by atoms with E-state index in [2.05, 4.69) is 249 Å². The lowest BCUT2D eigenvalue weighted by molar-refractivity contribution is 0.656. The number of benzene rings is 13. The number of rotatable bonds is 5. The molecule has 1 aliphatic carbocycles. The van der Waals surface area contributed by atoms with E-state index in [-0.39, 0.29) is 5.92 Å². The smallest absolute Gasteiger partial charge is 0.143 e. The fourth-order valence-electron chi connectivity index (χ4n) is 13.0. The molecule has 0 fully saturated rings. The summed E-state index contributed by atoms with van der Waals surface area (Å²) in [7, 11) is 0. The first-order valence-corrected chi connectivity index (χ1v) is 25.8. The first-order valence-electron chi connectivity index (χ1n) is 25.8. The van der Waals surface area contributed by atoms with Crippen molar-refractivity contribution in [2.24, 2.45) is 0 Å². The van der Waals surface area contributed by atoms with Crippen molar-refractivity contribution >= 4 is 104 Å². The summed E-state index contributed by atoms with van der Waals surface area (Å²) < 4.78 is 14.1. The molecule has 0 aliphatic heterocycles. The van der Waals surface area contributed by atoms with E-state index in [1.54, 1.807) is 0 Å². The Kier molecular flexibility index (Phi) is 8.90. The normalized spacial score (nSPS) is 13.7. The summed E-state index contributed by atoms with van der Waals surface area (Å²) in [6.45, 7) is 0. The van der Waals surface area contributed by atoms with Gasteiger partial charge in [0, 0.05) is 38.6 Å². The molecule has 1 aliphatic rings. The van der Waals surface area contributed by atoms with Crippen LogP contribution in [0.25, 0.3) is 148 Å². The molecular weight excluding hydrogens is 897 g/mol. The van der Waals surface area contributed by atoms with Gasteiger partial charge in [-0.3, -0.25) is 0 Å². The molecule has 2 aromatic heterocycles. The lowest BCUT2D eigenvalue weighted by Gasteiger charge is -2.28. The van der Waals surface area contributed by atoms with Crippen molar-refractivity contribution < 1.29 is 8.83 Å². The van der Waals surface area contributed by atoms with Gasteiger partial charge in [0.05, 0.1) is 0 Å². The molecule has 16 rings (SSSR count). The number of hydrogen-bond donors (Lipinski definition) is 0. The van der Waals surface area contributed by atoms with Crippen LogP contribution in [0, 0.1) is 0 Å². The zero-order chi connectivity index (χ0) is 48.4. The summed E-state index contributed by atoms with van der Waals surface area (Å²) in [5.74, 6) is -0.00362. The van der Waals surface area contributed by atoms with Gasteiger partial charge < -0.3 is 8.83 Å². The molecule has 2 heteroatoms. The molecule has 0 saturated heterocycles. The van der Waals surface area contributed by atoms with Crippen LogP contribution in [0.4, 0.5) is 0 Å². The Morgan fingerprint density at radius 3 is 1.41 bits per heavy atom. The van der Waals surface area contributed by atoms with E-state index in [9.17, 15) is 0 Å². The zero-order valence-corrected chi connectivity index (χ0v) is 40.3. The maximum atomic E-state index is 7.05. The summed E-state index contributed by atoms with van der Waals surface area (Å²) in [5, 5.41) is 16.7. The standard InChI is InChI=1S/C72H44O2/c1-3-17-43(18-4-1)47-25-11-29-53-61(47)41-62-48(44-19-5-2-6-20-44)26-12-30-54(62)69(53)70-55-31-13-27-51(57-33-15-35-59-67-49-23-9-7-21-45(49)37-39-65(67)73-71(57)59)63(55)42-64-52(28-14-32-56(64)70)58-34-16-36-60-68-50-24-10-8-22-46(50)38-40-66(68)74-72(58)60/h1-27,29-42,52H,28H2. The summed E-state index contributed by atoms with van der Waals surface area (Å²) in [5.41, 5.74) is 16.9. The van der Waals surface area contributed by atoms with Gasteiger partial charge in [-0.15, -0.1) is 0 Å². The fraction of sp³-hybridized carbons (Fsp3) is 0.0278. The van der Waals surface area contributed by atoms with Crippen molar-refractivity contribution in [3.63, 3.8) is 0 Å². The van der Waals surface area contributed by atoms with Gasteiger partial charge in [0.1, 0.15) is 22.3 Å².